The van der Waals surface area contributed by atoms with Crippen LogP contribution in [-0.4, -0.2) is 78.6 Å². The van der Waals surface area contributed by atoms with Gasteiger partial charge in [-0.15, -0.1) is 0 Å². The van der Waals surface area contributed by atoms with Gasteiger partial charge >= 0.3 is 0 Å². The Balaban J connectivity index is 4.71. The molecule has 0 aliphatic carbocycles. The number of quaternary nitrogens is 1. The average molecular weight is 506 g/mol. The molecule has 0 saturated heterocycles. The third-order valence-corrected chi connectivity index (χ3v) is 20.5. The first-order valence-corrected chi connectivity index (χ1v) is 21.6. The van der Waals surface area contributed by atoms with Gasteiger partial charge in [-0.25, -0.2) is 0 Å². The molecule has 0 saturated carbocycles. The van der Waals surface area contributed by atoms with E-state index in [1.807, 2.05) is 13.8 Å². The van der Waals surface area contributed by atoms with Gasteiger partial charge in [-0.05, 0) is 63.5 Å². The predicted molar refractivity (Wildman–Crippen MR) is 137 cm³/mol. The smallest absolute Gasteiger partial charge is 0.275 e. The Kier molecular flexibility index (Phi) is 14.8. The van der Waals surface area contributed by atoms with Crippen molar-refractivity contribution >= 4 is 39.9 Å². The molecule has 0 fully saturated rings. The number of rotatable bonds is 18. The van der Waals surface area contributed by atoms with Crippen LogP contribution in [0.5, 0.6) is 0 Å². The zero-order chi connectivity index (χ0) is 24.1. The maximum atomic E-state index is 12.6. The van der Waals surface area contributed by atoms with Gasteiger partial charge in [0.1, 0.15) is 0 Å². The van der Waals surface area contributed by atoms with Gasteiger partial charge in [-0.1, -0.05) is 13.8 Å². The van der Waals surface area contributed by atoms with E-state index in [2.05, 4.69) is 46.1 Å². The quantitative estimate of drug-likeness (QED) is 0.169. The molecule has 6 nitrogen and oxygen atoms in total. The van der Waals surface area contributed by atoms with Gasteiger partial charge in [0.15, 0.2) is 16.6 Å². The molecule has 0 spiro atoms. The highest BCUT2D eigenvalue weighted by Crippen LogP contribution is 2.29. The van der Waals surface area contributed by atoms with Crippen molar-refractivity contribution in [2.75, 3.05) is 34.2 Å². The zero-order valence-electron chi connectivity index (χ0n) is 21.6. The van der Waals surface area contributed by atoms with Crippen LogP contribution in [0.3, 0.4) is 0 Å². The number of hydrogen-bond donors (Lipinski definition) is 1. The third-order valence-electron chi connectivity index (χ3n) is 5.21. The van der Waals surface area contributed by atoms with Gasteiger partial charge in [-0.2, -0.15) is 0 Å². The minimum atomic E-state index is -2.35. The molecule has 10 heteroatoms. The fourth-order valence-corrected chi connectivity index (χ4v) is 22.8. The predicted octanol–water partition coefficient (Wildman–Crippen LogP) is 4.52. The fraction of sp³-hybridized carbons (Fsp3) is 0.952. The topological polar surface area (TPSA) is 72.5 Å². The summed E-state index contributed by atoms with van der Waals surface area (Å²) in [6.07, 6.45) is 4.56. The largest absolute Gasteiger partial charge is 0.455 e. The monoisotopic (exact) mass is 505 g/mol. The summed E-state index contributed by atoms with van der Waals surface area (Å²) in [5.74, 6) is 0.118. The molecule has 0 aromatic carbocycles. The Morgan fingerprint density at radius 1 is 0.903 bits per heavy atom. The molecule has 0 aliphatic rings. The summed E-state index contributed by atoms with van der Waals surface area (Å²) in [6, 6.07) is 2.21. The van der Waals surface area contributed by atoms with Crippen molar-refractivity contribution in [1.82, 2.24) is 5.32 Å². The zero-order valence-corrected chi connectivity index (χ0v) is 25.6. The molecule has 182 valence electrons. The molecule has 0 atom stereocenters. The fourth-order valence-electron chi connectivity index (χ4n) is 3.76. The Labute approximate surface area is 196 Å². The lowest BCUT2D eigenvalue weighted by atomic mass is 10.2. The first-order valence-electron chi connectivity index (χ1n) is 12.0. The molecular weight excluding hydrogens is 457 g/mol. The van der Waals surface area contributed by atoms with Gasteiger partial charge < -0.3 is 22.8 Å². The second-order valence-electron chi connectivity index (χ2n) is 10.8. The Morgan fingerprint density at radius 3 is 1.90 bits per heavy atom. The van der Waals surface area contributed by atoms with Crippen molar-refractivity contribution in [3.63, 3.8) is 0 Å². The van der Waals surface area contributed by atoms with Gasteiger partial charge in [0.05, 0.1) is 27.7 Å². The van der Waals surface area contributed by atoms with Crippen LogP contribution in [0.2, 0.25) is 49.1 Å². The number of carbonyl (C=O) groups is 1. The summed E-state index contributed by atoms with van der Waals surface area (Å²) >= 11 is 0. The second-order valence-corrected chi connectivity index (χ2v) is 25.1. The Hall–Kier alpha value is -0.142. The van der Waals surface area contributed by atoms with Gasteiger partial charge in [-0.3, -0.25) is 4.79 Å². The van der Waals surface area contributed by atoms with Crippen LogP contribution in [-0.2, 0) is 17.8 Å². The molecule has 0 radical (unpaired) electrons. The van der Waals surface area contributed by atoms with Crippen molar-refractivity contribution in [3.8, 4) is 0 Å². The summed E-state index contributed by atoms with van der Waals surface area (Å²) in [4.78, 5) is 12.2. The summed E-state index contributed by atoms with van der Waals surface area (Å²) < 4.78 is 32.8. The van der Waals surface area contributed by atoms with Crippen molar-refractivity contribution in [3.05, 3.63) is 0 Å². The number of nitrogens with one attached hydrogen (secondary N) is 1. The normalized spacial score (nSPS) is 12.6. The van der Waals surface area contributed by atoms with Crippen LogP contribution in [0.15, 0.2) is 0 Å². The number of hydrogen-bond acceptors (Lipinski definition) is 4. The molecule has 0 aliphatic heterocycles. The van der Waals surface area contributed by atoms with Crippen molar-refractivity contribution < 1.29 is 22.3 Å². The van der Waals surface area contributed by atoms with E-state index in [0.29, 0.717) is 36.4 Å². The van der Waals surface area contributed by atoms with E-state index in [4.69, 9.17) is 4.12 Å². The van der Waals surface area contributed by atoms with E-state index in [1.54, 1.807) is 0 Å². The number of unbranched alkanes of at least 4 members (excludes halogenated alkanes) is 2. The van der Waals surface area contributed by atoms with E-state index in [9.17, 15) is 13.7 Å². The highest BCUT2D eigenvalue weighted by molar-refractivity contribution is 6.94. The minimum Gasteiger partial charge on any atom is -0.455 e. The average Bonchev–Trinajstić information content (AvgIpc) is 2.62. The molecule has 31 heavy (non-hydrogen) atoms. The van der Waals surface area contributed by atoms with Gasteiger partial charge in [0.25, 0.3) is 17.4 Å². The maximum absolute atomic E-state index is 12.6. The number of carbonyl (C=O) groups excluding carboxylic acids is 1. The third kappa shape index (κ3) is 17.1. The summed E-state index contributed by atoms with van der Waals surface area (Å²) in [5, 5.41) is 3.06. The lowest BCUT2D eigenvalue weighted by Crippen LogP contribution is -2.50. The highest BCUT2D eigenvalue weighted by Gasteiger charge is 2.42. The van der Waals surface area contributed by atoms with Crippen LogP contribution in [0.1, 0.15) is 46.0 Å². The van der Waals surface area contributed by atoms with Crippen LogP contribution >= 0.6 is 0 Å². The van der Waals surface area contributed by atoms with Crippen molar-refractivity contribution in [1.29, 1.82) is 0 Å². The number of amides is 1. The van der Waals surface area contributed by atoms with E-state index < -0.39 is 34.0 Å². The Bertz CT molecular complexity index is 557. The molecule has 1 amide bonds. The molecule has 0 unspecified atom stereocenters. The van der Waals surface area contributed by atoms with Gasteiger partial charge in [0, 0.05) is 24.3 Å². The SMILES string of the molecule is CC[Si](=O)C[Si](CCCNC(=O)CCCCC[N+](C)(C)C)(C[Si](=O)CC)O[Si](C)(C)C. The van der Waals surface area contributed by atoms with E-state index >= 15 is 0 Å². The maximum Gasteiger partial charge on any atom is 0.275 e. The second kappa shape index (κ2) is 14.9. The lowest BCUT2D eigenvalue weighted by molar-refractivity contribution is -0.870. The minimum absolute atomic E-state index is 0.118. The first kappa shape index (κ1) is 30.9. The molecular formula is C21H49N2O4Si4+. The van der Waals surface area contributed by atoms with Crippen molar-refractivity contribution in [2.24, 2.45) is 0 Å². The van der Waals surface area contributed by atoms with E-state index in [0.717, 1.165) is 42.8 Å². The van der Waals surface area contributed by atoms with Crippen LogP contribution in [0.25, 0.3) is 0 Å². The summed E-state index contributed by atoms with van der Waals surface area (Å²) in [5.41, 5.74) is 1.30. The summed E-state index contributed by atoms with van der Waals surface area (Å²) in [7, 11) is -1.01. The van der Waals surface area contributed by atoms with Gasteiger partial charge in [0.2, 0.25) is 5.91 Å². The first-order chi connectivity index (χ1) is 14.2. The lowest BCUT2D eigenvalue weighted by Gasteiger charge is -2.37. The molecule has 0 aromatic heterocycles. The van der Waals surface area contributed by atoms with Crippen molar-refractivity contribution in [2.45, 2.75) is 95.1 Å². The van der Waals surface area contributed by atoms with Crippen LogP contribution < -0.4 is 5.32 Å². The molecule has 0 rings (SSSR count). The summed E-state index contributed by atoms with van der Waals surface area (Å²) in [6.45, 7) is 12.2. The van der Waals surface area contributed by atoms with Crippen LogP contribution in [0, 0.1) is 0 Å². The Morgan fingerprint density at radius 2 is 1.45 bits per heavy atom. The highest BCUT2D eigenvalue weighted by atomic mass is 28.5. The van der Waals surface area contributed by atoms with Crippen LogP contribution in [0.4, 0.5) is 0 Å². The molecule has 1 N–H and O–H groups in total. The standard InChI is InChI=1S/C21H48N2O4Si4/c1-9-28(25)19-31(20-29(26)10-2,27-30(6,7)8)18-14-16-22-21(24)15-12-11-13-17-23(3,4)5/h9-20H2,1-8H3/p+1. The van der Waals surface area contributed by atoms with E-state index in [-0.39, 0.29) is 5.91 Å². The van der Waals surface area contributed by atoms with E-state index in [1.165, 1.54) is 0 Å². The number of nitrogens with zero attached hydrogens (tertiary/aromatic N) is 1. The molecule has 0 heterocycles. The molecule has 0 bridgehead atoms. The molecule has 0 aromatic rings.